The van der Waals surface area contributed by atoms with Gasteiger partial charge in [-0.05, 0) is 56.1 Å². The number of benzene rings is 1. The van der Waals surface area contributed by atoms with Crippen LogP contribution in [0.1, 0.15) is 50.2 Å². The van der Waals surface area contributed by atoms with E-state index in [0.717, 1.165) is 81.8 Å². The molecule has 3 N–H and O–H groups in total. The fourth-order valence-corrected chi connectivity index (χ4v) is 5.23. The van der Waals surface area contributed by atoms with Crippen molar-refractivity contribution in [3.05, 3.63) is 35.9 Å². The lowest BCUT2D eigenvalue weighted by atomic mass is 9.72. The molecule has 0 bridgehead atoms. The molecule has 8 heteroatoms. The van der Waals surface area contributed by atoms with Gasteiger partial charge in [-0.15, -0.1) is 0 Å². The second-order valence-electron chi connectivity index (χ2n) is 9.79. The minimum atomic E-state index is -1.05. The molecule has 7 nitrogen and oxygen atoms in total. The molecule has 180 valence electrons. The van der Waals surface area contributed by atoms with Crippen LogP contribution in [-0.2, 0) is 16.0 Å². The maximum Gasteiger partial charge on any atom is 0.547 e. The van der Waals surface area contributed by atoms with Crippen LogP contribution >= 0.6 is 0 Å². The smallest absolute Gasteiger partial charge is 0.534 e. The number of allylic oxidation sites excluding steroid dienone is 1. The number of hydrogen-bond donors (Lipinski definition) is 3. The zero-order valence-electron chi connectivity index (χ0n) is 19.9. The van der Waals surface area contributed by atoms with E-state index in [1.54, 1.807) is 0 Å². The van der Waals surface area contributed by atoms with E-state index in [4.69, 9.17) is 9.39 Å². The van der Waals surface area contributed by atoms with Crippen molar-refractivity contribution >= 4 is 18.6 Å². The molecule has 2 aliphatic heterocycles. The van der Waals surface area contributed by atoms with Crippen molar-refractivity contribution < 1.29 is 19.2 Å². The Morgan fingerprint density at radius 3 is 2.73 bits per heavy atom. The van der Waals surface area contributed by atoms with Gasteiger partial charge in [0, 0.05) is 44.2 Å². The van der Waals surface area contributed by atoms with Gasteiger partial charge in [-0.3, -0.25) is 9.69 Å². The lowest BCUT2D eigenvalue weighted by molar-refractivity contribution is -0.122. The quantitative estimate of drug-likeness (QED) is 0.521. The summed E-state index contributed by atoms with van der Waals surface area (Å²) in [6.45, 7) is 11.8. The van der Waals surface area contributed by atoms with E-state index >= 15 is 0 Å². The summed E-state index contributed by atoms with van der Waals surface area (Å²) >= 11 is 0. The van der Waals surface area contributed by atoms with Crippen molar-refractivity contribution in [3.63, 3.8) is 0 Å². The number of para-hydroxylation sites is 1. The molecule has 1 aromatic carbocycles. The van der Waals surface area contributed by atoms with Gasteiger partial charge in [0.15, 0.2) is 0 Å². The van der Waals surface area contributed by atoms with E-state index in [2.05, 4.69) is 22.1 Å². The summed E-state index contributed by atoms with van der Waals surface area (Å²) in [4.78, 5) is 15.2. The van der Waals surface area contributed by atoms with Gasteiger partial charge < -0.3 is 25.0 Å². The number of morpholine rings is 1. The Hall–Kier alpha value is -1.87. The van der Waals surface area contributed by atoms with Crippen LogP contribution in [0.5, 0.6) is 5.75 Å². The summed E-state index contributed by atoms with van der Waals surface area (Å²) in [5.74, 6) is 0.670. The van der Waals surface area contributed by atoms with E-state index in [0.29, 0.717) is 30.6 Å². The lowest BCUT2D eigenvalue weighted by Crippen LogP contribution is -2.53. The van der Waals surface area contributed by atoms with Crippen molar-refractivity contribution in [1.29, 1.82) is 0 Å². The summed E-state index contributed by atoms with van der Waals surface area (Å²) in [7, 11) is -1.05. The number of carbonyl (C=O) groups excluding carboxylic acids is 1. The normalized spacial score (nSPS) is 25.8. The standard InChI is InChI=1S/C25H38BN3O4/c1-18(2)22-5-3-4-20-17-23(26(31)33-25(20)22)28-24(30)16-19-6-8-21(9-7-19)27-10-11-29-12-14-32-15-13-29/h3-5,19,21,23,27,31H,1,6-17H2,2H3,(H,28,30)/t19?,21?,23-/m0/s1. The van der Waals surface area contributed by atoms with Crippen LogP contribution in [0.4, 0.5) is 0 Å². The molecule has 1 atom stereocenters. The molecule has 2 fully saturated rings. The van der Waals surface area contributed by atoms with Gasteiger partial charge in [0.25, 0.3) is 0 Å². The Morgan fingerprint density at radius 1 is 1.24 bits per heavy atom. The van der Waals surface area contributed by atoms with E-state index in [9.17, 15) is 9.82 Å². The first-order valence-electron chi connectivity index (χ1n) is 12.4. The molecule has 1 aliphatic carbocycles. The summed E-state index contributed by atoms with van der Waals surface area (Å²) < 4.78 is 11.2. The highest BCUT2D eigenvalue weighted by atomic mass is 16.5. The first-order valence-corrected chi connectivity index (χ1v) is 12.4. The van der Waals surface area contributed by atoms with Gasteiger partial charge in [-0.2, -0.15) is 0 Å². The molecule has 0 radical (unpaired) electrons. The fraction of sp³-hybridized carbons (Fsp3) is 0.640. The third-order valence-corrected chi connectivity index (χ3v) is 7.21. The number of ether oxygens (including phenoxy) is 1. The molecule has 1 saturated carbocycles. The Labute approximate surface area is 198 Å². The summed E-state index contributed by atoms with van der Waals surface area (Å²) in [5, 5.41) is 17.2. The zero-order valence-corrected chi connectivity index (χ0v) is 19.9. The summed E-state index contributed by atoms with van der Waals surface area (Å²) in [5.41, 5.74) is 2.80. The maximum absolute atomic E-state index is 12.7. The minimum absolute atomic E-state index is 0.00545. The Morgan fingerprint density at radius 2 is 2.00 bits per heavy atom. The number of carbonyl (C=O) groups is 1. The van der Waals surface area contributed by atoms with Gasteiger partial charge in [-0.25, -0.2) is 0 Å². The molecule has 1 saturated heterocycles. The fourth-order valence-electron chi connectivity index (χ4n) is 5.23. The summed E-state index contributed by atoms with van der Waals surface area (Å²) in [6, 6.07) is 6.45. The molecule has 1 aromatic rings. The van der Waals surface area contributed by atoms with Crippen molar-refractivity contribution in [2.45, 2.75) is 57.4 Å². The molecular formula is C25H38BN3O4. The Bertz CT molecular complexity index is 822. The molecule has 0 aromatic heterocycles. The van der Waals surface area contributed by atoms with E-state index in [1.165, 1.54) is 0 Å². The van der Waals surface area contributed by atoms with Crippen LogP contribution in [0, 0.1) is 5.92 Å². The lowest BCUT2D eigenvalue weighted by Gasteiger charge is -2.32. The van der Waals surface area contributed by atoms with Crippen molar-refractivity contribution in [2.75, 3.05) is 39.4 Å². The first kappa shape index (κ1) is 24.3. The molecular weight excluding hydrogens is 417 g/mol. The van der Waals surface area contributed by atoms with E-state index < -0.39 is 13.1 Å². The van der Waals surface area contributed by atoms with Gasteiger partial charge >= 0.3 is 7.12 Å². The van der Waals surface area contributed by atoms with Crippen LogP contribution in [0.3, 0.4) is 0 Å². The third kappa shape index (κ3) is 6.60. The van der Waals surface area contributed by atoms with Crippen molar-refractivity contribution in [2.24, 2.45) is 5.92 Å². The van der Waals surface area contributed by atoms with Crippen LogP contribution < -0.4 is 15.3 Å². The number of rotatable bonds is 8. The van der Waals surface area contributed by atoms with Crippen LogP contribution in [-0.4, -0.2) is 74.3 Å². The molecule has 3 aliphatic rings. The minimum Gasteiger partial charge on any atom is -0.534 e. The predicted octanol–water partition coefficient (Wildman–Crippen LogP) is 2.03. The van der Waals surface area contributed by atoms with Gasteiger partial charge in [0.05, 0.1) is 19.2 Å². The second-order valence-corrected chi connectivity index (χ2v) is 9.79. The zero-order chi connectivity index (χ0) is 23.2. The van der Waals surface area contributed by atoms with Crippen molar-refractivity contribution in [3.8, 4) is 5.75 Å². The van der Waals surface area contributed by atoms with Gasteiger partial charge in [0.1, 0.15) is 5.75 Å². The molecule has 1 amide bonds. The highest BCUT2D eigenvalue weighted by Gasteiger charge is 2.37. The highest BCUT2D eigenvalue weighted by Crippen LogP contribution is 2.33. The number of fused-ring (bicyclic) bond motifs is 1. The maximum atomic E-state index is 12.7. The van der Waals surface area contributed by atoms with Crippen LogP contribution in [0.15, 0.2) is 24.8 Å². The van der Waals surface area contributed by atoms with Crippen LogP contribution in [0.2, 0.25) is 0 Å². The Kier molecular flexibility index (Phi) is 8.47. The average molecular weight is 455 g/mol. The monoisotopic (exact) mass is 455 g/mol. The van der Waals surface area contributed by atoms with Gasteiger partial charge in [-0.1, -0.05) is 24.8 Å². The van der Waals surface area contributed by atoms with E-state index in [-0.39, 0.29) is 5.91 Å². The number of hydrogen-bond acceptors (Lipinski definition) is 6. The van der Waals surface area contributed by atoms with Gasteiger partial charge in [0.2, 0.25) is 5.91 Å². The topological polar surface area (TPSA) is 83.1 Å². The summed E-state index contributed by atoms with van der Waals surface area (Å²) in [6.07, 6.45) is 5.44. The SMILES string of the molecule is C=C(C)c1cccc2c1OB(O)[C@@H](NC(=O)CC1CCC(NCCN3CCOCC3)CC1)C2. The molecule has 4 rings (SSSR count). The van der Waals surface area contributed by atoms with E-state index in [1.807, 2.05) is 25.1 Å². The number of nitrogens with zero attached hydrogens (tertiary/aromatic N) is 1. The number of nitrogens with one attached hydrogen (secondary N) is 2. The highest BCUT2D eigenvalue weighted by molar-refractivity contribution is 6.46. The average Bonchev–Trinajstić information content (AvgIpc) is 2.81. The molecule has 33 heavy (non-hydrogen) atoms. The first-order chi connectivity index (χ1) is 16.0. The molecule has 2 heterocycles. The largest absolute Gasteiger partial charge is 0.547 e. The second kappa shape index (κ2) is 11.5. The predicted molar refractivity (Wildman–Crippen MR) is 131 cm³/mol. The molecule has 0 unspecified atom stereocenters. The number of amides is 1. The van der Waals surface area contributed by atoms with Crippen molar-refractivity contribution in [1.82, 2.24) is 15.5 Å². The Balaban J connectivity index is 1.18. The molecule has 0 spiro atoms. The van der Waals surface area contributed by atoms with Crippen LogP contribution in [0.25, 0.3) is 5.57 Å². The third-order valence-electron chi connectivity index (χ3n) is 7.21.